The summed E-state index contributed by atoms with van der Waals surface area (Å²) in [6.07, 6.45) is -0.991. The number of rotatable bonds is 8. The number of halogens is 3. The summed E-state index contributed by atoms with van der Waals surface area (Å²) in [5.41, 5.74) is 2.88. The first kappa shape index (κ1) is 26.3. The molecule has 3 nitrogen and oxygen atoms in total. The van der Waals surface area contributed by atoms with Crippen molar-refractivity contribution < 1.29 is 22.7 Å². The standard InChI is InChI=1S/C28H36F3NO2/c1-5-34-27(33)18-21-6-11-24(26-16-20(4)13-15-32(26)14-12-19(2)3)25(17-21)22-7-9-23(10-8-22)28(29,30)31/h6-11,17,19-20,26H,5,12-16,18H2,1-4H3. The number of ether oxygens (including phenoxy) is 1. The first-order chi connectivity index (χ1) is 16.1. The lowest BCUT2D eigenvalue weighted by Gasteiger charge is -2.40. The van der Waals surface area contributed by atoms with Crippen LogP contribution in [0.3, 0.4) is 0 Å². The Bertz CT molecular complexity index is 953. The van der Waals surface area contributed by atoms with Crippen LogP contribution in [-0.2, 0) is 22.1 Å². The molecule has 2 atom stereocenters. The summed E-state index contributed by atoms with van der Waals surface area (Å²) in [4.78, 5) is 14.6. The van der Waals surface area contributed by atoms with Crippen molar-refractivity contribution in [3.8, 4) is 11.1 Å². The summed E-state index contributed by atoms with van der Waals surface area (Å²) < 4.78 is 44.6. The number of nitrogens with zero attached hydrogens (tertiary/aromatic N) is 1. The van der Waals surface area contributed by atoms with Gasteiger partial charge in [0.15, 0.2) is 0 Å². The van der Waals surface area contributed by atoms with Gasteiger partial charge in [-0.15, -0.1) is 0 Å². The molecule has 1 aliphatic rings. The molecule has 3 rings (SSSR count). The topological polar surface area (TPSA) is 29.5 Å². The summed E-state index contributed by atoms with van der Waals surface area (Å²) in [7, 11) is 0. The number of esters is 1. The average molecular weight is 476 g/mol. The molecule has 1 fully saturated rings. The van der Waals surface area contributed by atoms with E-state index < -0.39 is 11.7 Å². The second-order valence-electron chi connectivity index (χ2n) is 9.84. The quantitative estimate of drug-likeness (QED) is 0.375. The Hall–Kier alpha value is -2.34. The lowest BCUT2D eigenvalue weighted by atomic mass is 9.83. The van der Waals surface area contributed by atoms with E-state index in [0.29, 0.717) is 18.4 Å². The molecule has 2 aromatic carbocycles. The average Bonchev–Trinajstić information content (AvgIpc) is 2.78. The van der Waals surface area contributed by atoms with E-state index in [9.17, 15) is 18.0 Å². The lowest BCUT2D eigenvalue weighted by Crippen LogP contribution is -2.37. The first-order valence-electron chi connectivity index (χ1n) is 12.3. The molecule has 0 bridgehead atoms. The third-order valence-corrected chi connectivity index (χ3v) is 6.62. The maximum atomic E-state index is 13.2. The third kappa shape index (κ3) is 6.84. The van der Waals surface area contributed by atoms with E-state index in [1.807, 2.05) is 12.1 Å². The van der Waals surface area contributed by atoms with Gasteiger partial charge >= 0.3 is 12.1 Å². The number of carbonyl (C=O) groups excluding carboxylic acids is 1. The fourth-order valence-electron chi connectivity index (χ4n) is 4.68. The molecule has 1 aliphatic heterocycles. The fraction of sp³-hybridized carbons (Fsp3) is 0.536. The number of benzene rings is 2. The van der Waals surface area contributed by atoms with Crippen LogP contribution in [0.5, 0.6) is 0 Å². The molecule has 0 N–H and O–H groups in total. The van der Waals surface area contributed by atoms with Gasteiger partial charge in [0.2, 0.25) is 0 Å². The summed E-state index contributed by atoms with van der Waals surface area (Å²) in [6, 6.07) is 11.5. The van der Waals surface area contributed by atoms with Crippen LogP contribution in [0.25, 0.3) is 11.1 Å². The first-order valence-corrected chi connectivity index (χ1v) is 12.3. The highest BCUT2D eigenvalue weighted by Gasteiger charge is 2.31. The van der Waals surface area contributed by atoms with Crippen molar-refractivity contribution in [2.75, 3.05) is 19.7 Å². The van der Waals surface area contributed by atoms with Crippen LogP contribution in [0, 0.1) is 11.8 Å². The maximum Gasteiger partial charge on any atom is 0.416 e. The van der Waals surface area contributed by atoms with Crippen molar-refractivity contribution in [1.82, 2.24) is 4.90 Å². The molecule has 0 radical (unpaired) electrons. The van der Waals surface area contributed by atoms with Gasteiger partial charge in [0.25, 0.3) is 0 Å². The van der Waals surface area contributed by atoms with Crippen LogP contribution in [0.2, 0.25) is 0 Å². The molecular weight excluding hydrogens is 439 g/mol. The van der Waals surface area contributed by atoms with Crippen molar-refractivity contribution >= 4 is 5.97 Å². The Kier molecular flexibility index (Phi) is 8.80. The molecular formula is C28H36F3NO2. The van der Waals surface area contributed by atoms with E-state index >= 15 is 0 Å². The van der Waals surface area contributed by atoms with Gasteiger partial charge in [0.1, 0.15) is 0 Å². The molecule has 1 heterocycles. The lowest BCUT2D eigenvalue weighted by molar-refractivity contribution is -0.142. The van der Waals surface area contributed by atoms with Crippen molar-refractivity contribution in [2.45, 2.75) is 65.6 Å². The predicted molar refractivity (Wildman–Crippen MR) is 129 cm³/mol. The zero-order chi connectivity index (χ0) is 24.9. The Morgan fingerprint density at radius 3 is 2.47 bits per heavy atom. The largest absolute Gasteiger partial charge is 0.466 e. The van der Waals surface area contributed by atoms with Gasteiger partial charge in [-0.1, -0.05) is 51.1 Å². The van der Waals surface area contributed by atoms with E-state index in [-0.39, 0.29) is 18.4 Å². The van der Waals surface area contributed by atoms with Crippen molar-refractivity contribution in [1.29, 1.82) is 0 Å². The van der Waals surface area contributed by atoms with Gasteiger partial charge in [-0.2, -0.15) is 13.2 Å². The van der Waals surface area contributed by atoms with Gasteiger partial charge in [-0.25, -0.2) is 0 Å². The fourth-order valence-corrected chi connectivity index (χ4v) is 4.68. The molecule has 0 spiro atoms. The summed E-state index contributed by atoms with van der Waals surface area (Å²) in [6.45, 7) is 10.8. The monoisotopic (exact) mass is 475 g/mol. The normalized spacial score (nSPS) is 19.4. The molecule has 186 valence electrons. The van der Waals surface area contributed by atoms with Crippen molar-refractivity contribution in [3.05, 3.63) is 59.2 Å². The highest BCUT2D eigenvalue weighted by Crippen LogP contribution is 2.40. The maximum absolute atomic E-state index is 13.2. The van der Waals surface area contributed by atoms with E-state index in [1.165, 1.54) is 0 Å². The van der Waals surface area contributed by atoms with E-state index in [1.54, 1.807) is 19.1 Å². The van der Waals surface area contributed by atoms with Crippen LogP contribution in [0.15, 0.2) is 42.5 Å². The summed E-state index contributed by atoms with van der Waals surface area (Å²) >= 11 is 0. The van der Waals surface area contributed by atoms with E-state index in [2.05, 4.69) is 31.7 Å². The highest BCUT2D eigenvalue weighted by molar-refractivity contribution is 5.75. The van der Waals surface area contributed by atoms with E-state index in [4.69, 9.17) is 4.74 Å². The zero-order valence-electron chi connectivity index (χ0n) is 20.6. The summed E-state index contributed by atoms with van der Waals surface area (Å²) in [5.74, 6) is 0.861. The molecule has 1 saturated heterocycles. The minimum Gasteiger partial charge on any atom is -0.466 e. The van der Waals surface area contributed by atoms with Crippen LogP contribution >= 0.6 is 0 Å². The molecule has 0 amide bonds. The van der Waals surface area contributed by atoms with Crippen LogP contribution in [0.1, 0.15) is 69.7 Å². The van der Waals surface area contributed by atoms with Gasteiger partial charge in [-0.05, 0) is 85.5 Å². The summed E-state index contributed by atoms with van der Waals surface area (Å²) in [5, 5.41) is 0. The van der Waals surface area contributed by atoms with Gasteiger partial charge in [-0.3, -0.25) is 9.69 Å². The number of carbonyl (C=O) groups is 1. The number of hydrogen-bond donors (Lipinski definition) is 0. The van der Waals surface area contributed by atoms with Crippen molar-refractivity contribution in [3.63, 3.8) is 0 Å². The molecule has 0 aliphatic carbocycles. The SMILES string of the molecule is CCOC(=O)Cc1ccc(C2CC(C)CCN2CCC(C)C)c(-c2ccc(C(F)(F)F)cc2)c1. The smallest absolute Gasteiger partial charge is 0.416 e. The zero-order valence-corrected chi connectivity index (χ0v) is 20.6. The Morgan fingerprint density at radius 2 is 1.85 bits per heavy atom. The third-order valence-electron chi connectivity index (χ3n) is 6.62. The van der Waals surface area contributed by atoms with Crippen LogP contribution < -0.4 is 0 Å². The van der Waals surface area contributed by atoms with Gasteiger partial charge < -0.3 is 4.74 Å². The number of likely N-dealkylation sites (tertiary alicyclic amines) is 1. The Balaban J connectivity index is 2.03. The number of piperidine rings is 1. The van der Waals surface area contributed by atoms with Gasteiger partial charge in [0.05, 0.1) is 18.6 Å². The minimum absolute atomic E-state index is 0.139. The predicted octanol–water partition coefficient (Wildman–Crippen LogP) is 7.30. The van der Waals surface area contributed by atoms with Crippen molar-refractivity contribution in [2.24, 2.45) is 11.8 Å². The molecule has 6 heteroatoms. The second-order valence-corrected chi connectivity index (χ2v) is 9.84. The number of hydrogen-bond acceptors (Lipinski definition) is 3. The molecule has 34 heavy (non-hydrogen) atoms. The Morgan fingerprint density at radius 1 is 1.15 bits per heavy atom. The Labute approximate surface area is 201 Å². The van der Waals surface area contributed by atoms with Crippen LogP contribution in [0.4, 0.5) is 13.2 Å². The van der Waals surface area contributed by atoms with Gasteiger partial charge in [0, 0.05) is 6.04 Å². The molecule has 0 aromatic heterocycles. The number of alkyl halides is 3. The highest BCUT2D eigenvalue weighted by atomic mass is 19.4. The second kappa shape index (κ2) is 11.4. The molecule has 2 unspecified atom stereocenters. The molecule has 0 saturated carbocycles. The van der Waals surface area contributed by atoms with E-state index in [0.717, 1.165) is 66.7 Å². The minimum atomic E-state index is -4.38. The van der Waals surface area contributed by atoms with Crippen LogP contribution in [-0.4, -0.2) is 30.6 Å². The molecule has 2 aromatic rings.